The van der Waals surface area contributed by atoms with Crippen LogP contribution in [0.2, 0.25) is 0 Å². The van der Waals surface area contributed by atoms with E-state index in [0.29, 0.717) is 0 Å². The van der Waals surface area contributed by atoms with Gasteiger partial charge in [-0.1, -0.05) is 18.2 Å². The van der Waals surface area contributed by atoms with Crippen LogP contribution in [0.3, 0.4) is 0 Å². The number of fused-ring (bicyclic) bond motifs is 1. The second kappa shape index (κ2) is 5.17. The van der Waals surface area contributed by atoms with Crippen LogP contribution in [-0.4, -0.2) is 36.8 Å². The fourth-order valence-electron chi connectivity index (χ4n) is 2.80. The molecular formula is C14H22N2O. The van der Waals surface area contributed by atoms with Gasteiger partial charge in [-0.25, -0.2) is 0 Å². The molecule has 3 nitrogen and oxygen atoms in total. The predicted octanol–water partition coefficient (Wildman–Crippen LogP) is 1.10. The van der Waals surface area contributed by atoms with E-state index in [4.69, 9.17) is 5.73 Å². The van der Waals surface area contributed by atoms with E-state index < -0.39 is 0 Å². The van der Waals surface area contributed by atoms with Gasteiger partial charge in [0.25, 0.3) is 0 Å². The van der Waals surface area contributed by atoms with Crippen molar-refractivity contribution in [1.82, 2.24) is 4.90 Å². The summed E-state index contributed by atoms with van der Waals surface area (Å²) in [6, 6.07) is 6.50. The minimum atomic E-state index is -0.232. The molecule has 1 aliphatic carbocycles. The summed E-state index contributed by atoms with van der Waals surface area (Å²) in [4.78, 5) is 2.08. The van der Waals surface area contributed by atoms with Gasteiger partial charge in [0.05, 0.1) is 12.6 Å². The van der Waals surface area contributed by atoms with Crippen LogP contribution < -0.4 is 5.73 Å². The van der Waals surface area contributed by atoms with E-state index in [-0.39, 0.29) is 18.7 Å². The van der Waals surface area contributed by atoms with E-state index in [0.717, 1.165) is 0 Å². The number of aryl methyl sites for hydroxylation is 2. The molecule has 3 heteroatoms. The van der Waals surface area contributed by atoms with Crippen molar-refractivity contribution in [2.45, 2.75) is 31.3 Å². The Balaban J connectivity index is 2.30. The van der Waals surface area contributed by atoms with Gasteiger partial charge in [-0.2, -0.15) is 0 Å². The average Bonchev–Trinajstić information content (AvgIpc) is 2.75. The summed E-state index contributed by atoms with van der Waals surface area (Å²) in [6.45, 7) is 0.0138. The lowest BCUT2D eigenvalue weighted by Crippen LogP contribution is -2.39. The number of aliphatic hydroxyl groups is 1. The summed E-state index contributed by atoms with van der Waals surface area (Å²) < 4.78 is 0. The summed E-state index contributed by atoms with van der Waals surface area (Å²) in [6.07, 6.45) is 3.64. The molecule has 3 N–H and O–H groups in total. The number of hydrogen-bond donors (Lipinski definition) is 2. The van der Waals surface area contributed by atoms with Crippen LogP contribution in [0.15, 0.2) is 18.2 Å². The molecule has 0 saturated heterocycles. The highest BCUT2D eigenvalue weighted by atomic mass is 16.3. The van der Waals surface area contributed by atoms with Gasteiger partial charge < -0.3 is 15.7 Å². The van der Waals surface area contributed by atoms with E-state index in [2.05, 4.69) is 23.1 Å². The Hall–Kier alpha value is -0.900. The third kappa shape index (κ3) is 2.51. The molecule has 1 aromatic carbocycles. The third-order valence-electron chi connectivity index (χ3n) is 3.64. The molecule has 0 amide bonds. The fourth-order valence-corrected chi connectivity index (χ4v) is 2.80. The number of benzene rings is 1. The van der Waals surface area contributed by atoms with Gasteiger partial charge in [0.2, 0.25) is 0 Å². The number of rotatable bonds is 4. The highest BCUT2D eigenvalue weighted by molar-refractivity contribution is 5.37. The highest BCUT2D eigenvalue weighted by Crippen LogP contribution is 2.28. The standard InChI is InChI=1S/C14H22N2O/c1-16(2)14(13(15)9-17)12-7-6-10-4-3-5-11(10)8-12/h6-8,13-14,17H,3-5,9,15H2,1-2H3. The zero-order valence-electron chi connectivity index (χ0n) is 10.7. The van der Waals surface area contributed by atoms with E-state index in [1.807, 2.05) is 14.1 Å². The molecular weight excluding hydrogens is 212 g/mol. The molecule has 2 atom stereocenters. The summed E-state index contributed by atoms with van der Waals surface area (Å²) >= 11 is 0. The molecule has 0 bridgehead atoms. The first-order valence-electron chi connectivity index (χ1n) is 6.28. The van der Waals surface area contributed by atoms with Gasteiger partial charge in [-0.3, -0.25) is 0 Å². The van der Waals surface area contributed by atoms with Crippen molar-refractivity contribution >= 4 is 0 Å². The van der Waals surface area contributed by atoms with Gasteiger partial charge in [0, 0.05) is 6.04 Å². The zero-order chi connectivity index (χ0) is 12.4. The van der Waals surface area contributed by atoms with Crippen molar-refractivity contribution in [3.63, 3.8) is 0 Å². The molecule has 0 aliphatic heterocycles. The highest BCUT2D eigenvalue weighted by Gasteiger charge is 2.23. The Kier molecular flexibility index (Phi) is 3.82. The average molecular weight is 234 g/mol. The molecule has 1 aliphatic rings. The van der Waals surface area contributed by atoms with Crippen LogP contribution in [0.1, 0.15) is 29.2 Å². The summed E-state index contributed by atoms with van der Waals surface area (Å²) in [5.74, 6) is 0. The summed E-state index contributed by atoms with van der Waals surface area (Å²) in [5, 5.41) is 9.26. The van der Waals surface area contributed by atoms with Crippen LogP contribution in [0.5, 0.6) is 0 Å². The molecule has 0 aromatic heterocycles. The lowest BCUT2D eigenvalue weighted by atomic mass is 9.96. The topological polar surface area (TPSA) is 49.5 Å². The van der Waals surface area contributed by atoms with Crippen LogP contribution in [0.4, 0.5) is 0 Å². The third-order valence-corrected chi connectivity index (χ3v) is 3.64. The van der Waals surface area contributed by atoms with Gasteiger partial charge in [0.1, 0.15) is 0 Å². The van der Waals surface area contributed by atoms with Crippen molar-refractivity contribution in [3.05, 3.63) is 34.9 Å². The first-order chi connectivity index (χ1) is 8.13. The molecule has 0 fully saturated rings. The maximum atomic E-state index is 9.26. The largest absolute Gasteiger partial charge is 0.395 e. The lowest BCUT2D eigenvalue weighted by molar-refractivity contribution is 0.181. The number of likely N-dealkylation sites (N-methyl/N-ethyl adjacent to an activating group) is 1. The van der Waals surface area contributed by atoms with Crippen LogP contribution >= 0.6 is 0 Å². The Morgan fingerprint density at radius 1 is 1.29 bits per heavy atom. The van der Waals surface area contributed by atoms with Crippen LogP contribution in [-0.2, 0) is 12.8 Å². The van der Waals surface area contributed by atoms with Gasteiger partial charge in [-0.15, -0.1) is 0 Å². The fraction of sp³-hybridized carbons (Fsp3) is 0.571. The van der Waals surface area contributed by atoms with E-state index in [1.54, 1.807) is 0 Å². The van der Waals surface area contributed by atoms with E-state index >= 15 is 0 Å². The predicted molar refractivity (Wildman–Crippen MR) is 70.0 cm³/mol. The summed E-state index contributed by atoms with van der Waals surface area (Å²) in [7, 11) is 4.01. The van der Waals surface area contributed by atoms with Gasteiger partial charge >= 0.3 is 0 Å². The maximum Gasteiger partial charge on any atom is 0.0601 e. The first kappa shape index (κ1) is 12.6. The first-order valence-corrected chi connectivity index (χ1v) is 6.28. The SMILES string of the molecule is CN(C)C(c1ccc2c(c1)CCC2)C(N)CO. The monoisotopic (exact) mass is 234 g/mol. The van der Waals surface area contributed by atoms with Crippen molar-refractivity contribution in [3.8, 4) is 0 Å². The van der Waals surface area contributed by atoms with E-state index in [9.17, 15) is 5.11 Å². The Morgan fingerprint density at radius 3 is 2.65 bits per heavy atom. The number of hydrogen-bond acceptors (Lipinski definition) is 3. The molecule has 0 saturated carbocycles. The molecule has 94 valence electrons. The van der Waals surface area contributed by atoms with E-state index in [1.165, 1.54) is 36.0 Å². The van der Waals surface area contributed by atoms with Crippen molar-refractivity contribution in [2.75, 3.05) is 20.7 Å². The maximum absolute atomic E-state index is 9.26. The Bertz CT molecular complexity index is 390. The van der Waals surface area contributed by atoms with Gasteiger partial charge in [-0.05, 0) is 50.0 Å². The second-order valence-corrected chi connectivity index (χ2v) is 5.14. The smallest absolute Gasteiger partial charge is 0.0601 e. The Labute approximate surface area is 103 Å². The minimum absolute atomic E-state index is 0.0138. The summed E-state index contributed by atoms with van der Waals surface area (Å²) in [5.41, 5.74) is 10.2. The number of nitrogens with zero attached hydrogens (tertiary/aromatic N) is 1. The molecule has 0 radical (unpaired) electrons. The van der Waals surface area contributed by atoms with Crippen LogP contribution in [0, 0.1) is 0 Å². The second-order valence-electron chi connectivity index (χ2n) is 5.14. The molecule has 2 rings (SSSR count). The lowest BCUT2D eigenvalue weighted by Gasteiger charge is -2.29. The van der Waals surface area contributed by atoms with Gasteiger partial charge in [0.15, 0.2) is 0 Å². The molecule has 1 aromatic rings. The molecule has 0 heterocycles. The number of aliphatic hydroxyl groups excluding tert-OH is 1. The molecule has 17 heavy (non-hydrogen) atoms. The van der Waals surface area contributed by atoms with Crippen molar-refractivity contribution in [2.24, 2.45) is 5.73 Å². The zero-order valence-corrected chi connectivity index (χ0v) is 10.7. The number of nitrogens with two attached hydrogens (primary N) is 1. The minimum Gasteiger partial charge on any atom is -0.395 e. The molecule has 0 spiro atoms. The van der Waals surface area contributed by atoms with Crippen LogP contribution in [0.25, 0.3) is 0 Å². The Morgan fingerprint density at radius 2 is 2.00 bits per heavy atom. The van der Waals surface area contributed by atoms with Crippen molar-refractivity contribution in [1.29, 1.82) is 0 Å². The van der Waals surface area contributed by atoms with Crippen molar-refractivity contribution < 1.29 is 5.11 Å². The normalized spacial score (nSPS) is 18.2. The molecule has 2 unspecified atom stereocenters. The quantitative estimate of drug-likeness (QED) is 0.820.